The molecule has 3 nitrogen and oxygen atoms in total. The molecule has 1 unspecified atom stereocenters. The van der Waals surface area contributed by atoms with Crippen LogP contribution >= 0.6 is 0 Å². The highest BCUT2D eigenvalue weighted by atomic mass is 16.1. The molecule has 0 aliphatic rings. The Morgan fingerprint density at radius 2 is 1.81 bits per heavy atom. The molecular formula is C13H25NO2. The van der Waals surface area contributed by atoms with Crippen molar-refractivity contribution in [2.45, 2.75) is 59.4 Å². The normalized spacial score (nSPS) is 12.8. The Balaban J connectivity index is 4.03. The third kappa shape index (κ3) is 6.01. The summed E-state index contributed by atoms with van der Waals surface area (Å²) in [6, 6.07) is -0.0744. The van der Waals surface area contributed by atoms with Crippen LogP contribution in [-0.4, -0.2) is 24.2 Å². The summed E-state index contributed by atoms with van der Waals surface area (Å²) in [4.78, 5) is 23.0. The summed E-state index contributed by atoms with van der Waals surface area (Å²) in [7, 11) is 0. The van der Waals surface area contributed by atoms with Crippen molar-refractivity contribution in [3.05, 3.63) is 0 Å². The van der Waals surface area contributed by atoms with Crippen LogP contribution in [0.1, 0.15) is 53.4 Å². The molecule has 0 aromatic heterocycles. The maximum Gasteiger partial charge on any atom is 0.152 e. The van der Waals surface area contributed by atoms with Gasteiger partial charge >= 0.3 is 0 Å². The van der Waals surface area contributed by atoms with Crippen molar-refractivity contribution in [2.24, 2.45) is 5.92 Å². The fourth-order valence-electron chi connectivity index (χ4n) is 1.67. The van der Waals surface area contributed by atoms with E-state index in [0.29, 0.717) is 12.8 Å². The molecule has 16 heavy (non-hydrogen) atoms. The molecule has 1 N–H and O–H groups in total. The first-order chi connectivity index (χ1) is 7.52. The summed E-state index contributed by atoms with van der Waals surface area (Å²) in [5.74, 6) is 0.601. The SMILES string of the molecule is CCNC(CCCC(=O)CC)C(=O)C(C)C. The van der Waals surface area contributed by atoms with E-state index >= 15 is 0 Å². The zero-order valence-corrected chi connectivity index (χ0v) is 11.0. The molecule has 1 atom stereocenters. The summed E-state index contributed by atoms with van der Waals surface area (Å²) in [6.07, 6.45) is 2.78. The van der Waals surface area contributed by atoms with Crippen molar-refractivity contribution >= 4 is 11.6 Å². The minimum Gasteiger partial charge on any atom is -0.308 e. The summed E-state index contributed by atoms with van der Waals surface area (Å²) in [5.41, 5.74) is 0. The Hall–Kier alpha value is -0.700. The molecular weight excluding hydrogens is 202 g/mol. The Morgan fingerprint density at radius 3 is 2.25 bits per heavy atom. The van der Waals surface area contributed by atoms with Crippen LogP contribution in [-0.2, 0) is 9.59 Å². The predicted molar refractivity (Wildman–Crippen MR) is 66.5 cm³/mol. The number of likely N-dealkylation sites (N-methyl/N-ethyl adjacent to an activating group) is 1. The van der Waals surface area contributed by atoms with Crippen molar-refractivity contribution in [1.82, 2.24) is 5.32 Å². The van der Waals surface area contributed by atoms with Gasteiger partial charge in [0.15, 0.2) is 5.78 Å². The van der Waals surface area contributed by atoms with Crippen LogP contribution < -0.4 is 5.32 Å². The second-order valence-corrected chi connectivity index (χ2v) is 4.45. The van der Waals surface area contributed by atoms with Crippen LogP contribution in [0, 0.1) is 5.92 Å². The molecule has 0 bridgehead atoms. The largest absolute Gasteiger partial charge is 0.308 e. The maximum absolute atomic E-state index is 11.8. The van der Waals surface area contributed by atoms with Gasteiger partial charge in [-0.2, -0.15) is 0 Å². The molecule has 0 radical (unpaired) electrons. The van der Waals surface area contributed by atoms with E-state index in [1.54, 1.807) is 0 Å². The van der Waals surface area contributed by atoms with Gasteiger partial charge in [-0.3, -0.25) is 9.59 Å². The number of carbonyl (C=O) groups excluding carboxylic acids is 2. The molecule has 0 aromatic carbocycles. The highest BCUT2D eigenvalue weighted by molar-refractivity contribution is 5.85. The van der Waals surface area contributed by atoms with Crippen molar-refractivity contribution in [2.75, 3.05) is 6.54 Å². The number of ketones is 2. The Morgan fingerprint density at radius 1 is 1.19 bits per heavy atom. The molecule has 0 heterocycles. The predicted octanol–water partition coefficient (Wildman–Crippen LogP) is 2.34. The van der Waals surface area contributed by atoms with Gasteiger partial charge < -0.3 is 5.32 Å². The quantitative estimate of drug-likeness (QED) is 0.657. The average Bonchev–Trinajstić information content (AvgIpc) is 2.26. The van der Waals surface area contributed by atoms with Gasteiger partial charge in [0.1, 0.15) is 5.78 Å². The zero-order chi connectivity index (χ0) is 12.6. The summed E-state index contributed by atoms with van der Waals surface area (Å²) in [6.45, 7) is 8.51. The monoisotopic (exact) mass is 227 g/mol. The lowest BCUT2D eigenvalue weighted by molar-refractivity contribution is -0.124. The van der Waals surface area contributed by atoms with E-state index in [4.69, 9.17) is 0 Å². The van der Waals surface area contributed by atoms with Crippen LogP contribution in [0.3, 0.4) is 0 Å². The van der Waals surface area contributed by atoms with E-state index in [1.807, 2.05) is 27.7 Å². The molecule has 0 aliphatic carbocycles. The molecule has 0 saturated carbocycles. The van der Waals surface area contributed by atoms with Gasteiger partial charge in [0.25, 0.3) is 0 Å². The topological polar surface area (TPSA) is 46.2 Å². The minimum atomic E-state index is -0.0744. The molecule has 0 amide bonds. The van der Waals surface area contributed by atoms with Crippen LogP contribution in [0.25, 0.3) is 0 Å². The van der Waals surface area contributed by atoms with Crippen LogP contribution in [0.4, 0.5) is 0 Å². The Bertz CT molecular complexity index is 224. The second-order valence-electron chi connectivity index (χ2n) is 4.45. The van der Waals surface area contributed by atoms with Gasteiger partial charge in [-0.25, -0.2) is 0 Å². The van der Waals surface area contributed by atoms with Crippen LogP contribution in [0.15, 0.2) is 0 Å². The molecule has 0 aliphatic heterocycles. The van der Waals surface area contributed by atoms with Crippen LogP contribution in [0.2, 0.25) is 0 Å². The Kier molecular flexibility index (Phi) is 8.08. The van der Waals surface area contributed by atoms with Gasteiger partial charge in [-0.05, 0) is 19.4 Å². The Labute approximate surface area is 99.0 Å². The van der Waals surface area contributed by atoms with Gasteiger partial charge in [0, 0.05) is 18.8 Å². The average molecular weight is 227 g/mol. The number of Topliss-reactive ketones (excluding diaryl/α,β-unsaturated/α-hetero) is 2. The number of rotatable bonds is 9. The van der Waals surface area contributed by atoms with E-state index in [-0.39, 0.29) is 23.5 Å². The van der Waals surface area contributed by atoms with Gasteiger partial charge in [-0.1, -0.05) is 27.7 Å². The van der Waals surface area contributed by atoms with Gasteiger partial charge in [-0.15, -0.1) is 0 Å². The number of carbonyl (C=O) groups is 2. The number of hydrogen-bond acceptors (Lipinski definition) is 3. The fraction of sp³-hybridized carbons (Fsp3) is 0.846. The van der Waals surface area contributed by atoms with Gasteiger partial charge in [0.05, 0.1) is 6.04 Å². The number of hydrogen-bond donors (Lipinski definition) is 1. The van der Waals surface area contributed by atoms with Gasteiger partial charge in [0.2, 0.25) is 0 Å². The number of nitrogens with one attached hydrogen (secondary N) is 1. The second kappa shape index (κ2) is 8.45. The maximum atomic E-state index is 11.8. The van der Waals surface area contributed by atoms with E-state index in [1.165, 1.54) is 0 Å². The van der Waals surface area contributed by atoms with E-state index in [0.717, 1.165) is 19.4 Å². The molecule has 0 rings (SSSR count). The lowest BCUT2D eigenvalue weighted by Gasteiger charge is -2.18. The molecule has 0 spiro atoms. The fourth-order valence-corrected chi connectivity index (χ4v) is 1.67. The molecule has 0 saturated heterocycles. The molecule has 3 heteroatoms. The summed E-state index contributed by atoms with van der Waals surface area (Å²) in [5, 5.41) is 3.19. The first-order valence-electron chi connectivity index (χ1n) is 6.31. The minimum absolute atomic E-state index is 0.0610. The lowest BCUT2D eigenvalue weighted by Crippen LogP contribution is -2.39. The van der Waals surface area contributed by atoms with Crippen molar-refractivity contribution in [1.29, 1.82) is 0 Å². The summed E-state index contributed by atoms with van der Waals surface area (Å²) < 4.78 is 0. The zero-order valence-electron chi connectivity index (χ0n) is 11.0. The highest BCUT2D eigenvalue weighted by Crippen LogP contribution is 2.08. The first kappa shape index (κ1) is 15.3. The third-order valence-corrected chi connectivity index (χ3v) is 2.71. The first-order valence-corrected chi connectivity index (χ1v) is 6.31. The van der Waals surface area contributed by atoms with Crippen molar-refractivity contribution < 1.29 is 9.59 Å². The van der Waals surface area contributed by atoms with Crippen molar-refractivity contribution in [3.63, 3.8) is 0 Å². The third-order valence-electron chi connectivity index (χ3n) is 2.71. The van der Waals surface area contributed by atoms with E-state index in [2.05, 4.69) is 5.32 Å². The lowest BCUT2D eigenvalue weighted by atomic mass is 9.96. The molecule has 0 fully saturated rings. The smallest absolute Gasteiger partial charge is 0.152 e. The van der Waals surface area contributed by atoms with Crippen molar-refractivity contribution in [3.8, 4) is 0 Å². The van der Waals surface area contributed by atoms with E-state index in [9.17, 15) is 9.59 Å². The molecule has 94 valence electrons. The standard InChI is InChI=1S/C13H25NO2/c1-5-11(15)8-7-9-12(14-6-2)13(16)10(3)4/h10,12,14H,5-9H2,1-4H3. The highest BCUT2D eigenvalue weighted by Gasteiger charge is 2.19. The summed E-state index contributed by atoms with van der Waals surface area (Å²) >= 11 is 0. The van der Waals surface area contributed by atoms with E-state index < -0.39 is 0 Å². The van der Waals surface area contributed by atoms with Crippen LogP contribution in [0.5, 0.6) is 0 Å². The molecule has 0 aromatic rings.